The molecule has 1 fully saturated rings. The number of anilines is 2. The molecular formula is C15H22BrN7O. The number of fused-ring (bicyclic) bond motifs is 1. The molecule has 130 valence electrons. The van der Waals surface area contributed by atoms with E-state index in [-0.39, 0.29) is 5.91 Å². The lowest BCUT2D eigenvalue weighted by molar-refractivity contribution is -0.129. The van der Waals surface area contributed by atoms with Gasteiger partial charge in [-0.15, -0.1) is 0 Å². The van der Waals surface area contributed by atoms with E-state index in [4.69, 9.17) is 0 Å². The number of nitrogens with zero attached hydrogens (tertiary/aromatic N) is 5. The molecule has 1 aliphatic heterocycles. The molecule has 24 heavy (non-hydrogen) atoms. The van der Waals surface area contributed by atoms with Crippen molar-refractivity contribution < 1.29 is 4.79 Å². The fourth-order valence-corrected chi connectivity index (χ4v) is 3.06. The van der Waals surface area contributed by atoms with Crippen molar-refractivity contribution in [3.8, 4) is 0 Å². The summed E-state index contributed by atoms with van der Waals surface area (Å²) in [4.78, 5) is 32.3. The zero-order valence-electron chi connectivity index (χ0n) is 14.1. The van der Waals surface area contributed by atoms with Gasteiger partial charge in [-0.2, -0.15) is 9.97 Å². The van der Waals surface area contributed by atoms with Gasteiger partial charge >= 0.3 is 0 Å². The quantitative estimate of drug-likeness (QED) is 0.767. The average Bonchev–Trinajstić information content (AvgIpc) is 2.92. The summed E-state index contributed by atoms with van der Waals surface area (Å²) in [5.74, 6) is 2.02. The number of hydrogen-bond donors (Lipinski definition) is 2. The second kappa shape index (κ2) is 6.92. The second-order valence-electron chi connectivity index (χ2n) is 6.36. The Morgan fingerprint density at radius 1 is 1.25 bits per heavy atom. The Kier molecular flexibility index (Phi) is 4.88. The highest BCUT2D eigenvalue weighted by atomic mass is 79.9. The number of rotatable bonds is 4. The van der Waals surface area contributed by atoms with Crippen LogP contribution in [0.1, 0.15) is 20.8 Å². The molecule has 0 spiro atoms. The van der Waals surface area contributed by atoms with Crippen LogP contribution in [0.4, 0.5) is 11.8 Å². The van der Waals surface area contributed by atoms with Crippen LogP contribution >= 0.6 is 15.9 Å². The van der Waals surface area contributed by atoms with Crippen molar-refractivity contribution >= 4 is 44.8 Å². The van der Waals surface area contributed by atoms with Gasteiger partial charge in [-0.25, -0.2) is 4.98 Å². The van der Waals surface area contributed by atoms with Crippen LogP contribution in [-0.2, 0) is 4.79 Å². The van der Waals surface area contributed by atoms with Crippen molar-refractivity contribution in [3.63, 3.8) is 0 Å². The molecule has 3 rings (SSSR count). The molecule has 9 heteroatoms. The maximum Gasteiger partial charge on any atom is 0.226 e. The van der Waals surface area contributed by atoms with E-state index in [1.54, 1.807) is 6.92 Å². The summed E-state index contributed by atoms with van der Waals surface area (Å²) in [7, 11) is 0. The molecule has 0 radical (unpaired) electrons. The van der Waals surface area contributed by atoms with Gasteiger partial charge in [0.05, 0.1) is 0 Å². The topological polar surface area (TPSA) is 90.0 Å². The van der Waals surface area contributed by atoms with Crippen molar-refractivity contribution in [1.82, 2.24) is 24.8 Å². The Balaban J connectivity index is 1.89. The number of amides is 1. The summed E-state index contributed by atoms with van der Waals surface area (Å²) in [5.41, 5.74) is 1.44. The standard InChI is InChI=1S/C15H22BrN7O/c1-9(2)8-17-15-20-12-11(18-14(16)19-12)13(21-15)23-6-4-22(5-7-23)10(3)24/h9H,4-8H2,1-3H3,(H2,17,18,19,20,21). The van der Waals surface area contributed by atoms with E-state index in [0.29, 0.717) is 35.3 Å². The minimum Gasteiger partial charge on any atom is -0.354 e. The lowest BCUT2D eigenvalue weighted by Crippen LogP contribution is -2.48. The Labute approximate surface area is 149 Å². The number of H-pyrrole nitrogens is 1. The minimum absolute atomic E-state index is 0.117. The number of nitrogens with one attached hydrogen (secondary N) is 2. The number of piperazine rings is 1. The first kappa shape index (κ1) is 16.9. The van der Waals surface area contributed by atoms with E-state index >= 15 is 0 Å². The smallest absolute Gasteiger partial charge is 0.226 e. The highest BCUT2D eigenvalue weighted by molar-refractivity contribution is 9.10. The van der Waals surface area contributed by atoms with E-state index in [2.05, 4.69) is 59.9 Å². The van der Waals surface area contributed by atoms with Crippen molar-refractivity contribution in [1.29, 1.82) is 0 Å². The van der Waals surface area contributed by atoms with Crippen LogP contribution in [0, 0.1) is 5.92 Å². The molecule has 2 aromatic heterocycles. The fraction of sp³-hybridized carbons (Fsp3) is 0.600. The zero-order chi connectivity index (χ0) is 17.3. The van der Waals surface area contributed by atoms with E-state index in [0.717, 1.165) is 31.0 Å². The molecule has 0 atom stereocenters. The van der Waals surface area contributed by atoms with Crippen molar-refractivity contribution in [3.05, 3.63) is 4.73 Å². The molecule has 2 aromatic rings. The van der Waals surface area contributed by atoms with Crippen LogP contribution in [0.3, 0.4) is 0 Å². The number of hydrogen-bond acceptors (Lipinski definition) is 6. The maximum atomic E-state index is 11.5. The Bertz CT molecular complexity index is 737. The van der Waals surface area contributed by atoms with Gasteiger partial charge in [-0.05, 0) is 21.8 Å². The van der Waals surface area contributed by atoms with Crippen molar-refractivity contribution in [2.75, 3.05) is 42.9 Å². The summed E-state index contributed by atoms with van der Waals surface area (Å²) in [6, 6.07) is 0. The van der Waals surface area contributed by atoms with E-state index in [1.807, 2.05) is 4.90 Å². The molecule has 0 unspecified atom stereocenters. The molecule has 1 amide bonds. The summed E-state index contributed by atoms with van der Waals surface area (Å²) in [5, 5.41) is 3.27. The summed E-state index contributed by atoms with van der Waals surface area (Å²) >= 11 is 3.37. The predicted molar refractivity (Wildman–Crippen MR) is 97.2 cm³/mol. The predicted octanol–water partition coefficient (Wildman–Crippen LogP) is 1.85. The maximum absolute atomic E-state index is 11.5. The van der Waals surface area contributed by atoms with Crippen molar-refractivity contribution in [2.24, 2.45) is 5.92 Å². The molecule has 2 N–H and O–H groups in total. The molecule has 3 heterocycles. The summed E-state index contributed by atoms with van der Waals surface area (Å²) in [6.07, 6.45) is 0. The molecule has 0 aromatic carbocycles. The second-order valence-corrected chi connectivity index (χ2v) is 7.12. The van der Waals surface area contributed by atoms with Gasteiger partial charge in [0.15, 0.2) is 16.2 Å². The number of carbonyl (C=O) groups excluding carboxylic acids is 1. The highest BCUT2D eigenvalue weighted by Crippen LogP contribution is 2.26. The lowest BCUT2D eigenvalue weighted by atomic mass is 10.2. The van der Waals surface area contributed by atoms with Crippen LogP contribution in [0.2, 0.25) is 0 Å². The van der Waals surface area contributed by atoms with E-state index in [1.165, 1.54) is 0 Å². The third-order valence-electron chi connectivity index (χ3n) is 4.00. The number of carbonyl (C=O) groups is 1. The average molecular weight is 396 g/mol. The van der Waals surface area contributed by atoms with Crippen LogP contribution in [-0.4, -0.2) is 63.5 Å². The first-order valence-electron chi connectivity index (χ1n) is 8.11. The molecule has 0 bridgehead atoms. The minimum atomic E-state index is 0.117. The molecule has 1 saturated heterocycles. The van der Waals surface area contributed by atoms with Gasteiger partial charge in [-0.3, -0.25) is 4.79 Å². The van der Waals surface area contributed by atoms with Crippen molar-refractivity contribution in [2.45, 2.75) is 20.8 Å². The van der Waals surface area contributed by atoms with Gasteiger partial charge in [-0.1, -0.05) is 13.8 Å². The largest absolute Gasteiger partial charge is 0.354 e. The Hall–Kier alpha value is -1.90. The lowest BCUT2D eigenvalue weighted by Gasteiger charge is -2.35. The number of halogens is 1. The van der Waals surface area contributed by atoms with E-state index in [9.17, 15) is 4.79 Å². The van der Waals surface area contributed by atoms with Crippen LogP contribution in [0.5, 0.6) is 0 Å². The Morgan fingerprint density at radius 2 is 1.96 bits per heavy atom. The molecule has 1 aliphatic rings. The number of imidazole rings is 1. The van der Waals surface area contributed by atoms with E-state index < -0.39 is 0 Å². The van der Waals surface area contributed by atoms with Gasteiger partial charge in [0.1, 0.15) is 5.52 Å². The SMILES string of the molecule is CC(=O)N1CCN(c2nc(NCC(C)C)nc3nc(Br)[nH]c23)CC1. The van der Waals surface area contributed by atoms with Gasteiger partial charge in [0, 0.05) is 39.6 Å². The zero-order valence-corrected chi connectivity index (χ0v) is 15.7. The normalized spacial score (nSPS) is 15.4. The molecular weight excluding hydrogens is 374 g/mol. The van der Waals surface area contributed by atoms with Crippen LogP contribution < -0.4 is 10.2 Å². The Morgan fingerprint density at radius 3 is 2.58 bits per heavy atom. The van der Waals surface area contributed by atoms with Gasteiger partial charge in [0.2, 0.25) is 11.9 Å². The number of aromatic nitrogens is 4. The first-order valence-corrected chi connectivity index (χ1v) is 8.91. The molecule has 8 nitrogen and oxygen atoms in total. The highest BCUT2D eigenvalue weighted by Gasteiger charge is 2.23. The fourth-order valence-electron chi connectivity index (χ4n) is 2.69. The van der Waals surface area contributed by atoms with Gasteiger partial charge in [0.25, 0.3) is 0 Å². The molecule has 0 aliphatic carbocycles. The third-order valence-corrected chi connectivity index (χ3v) is 4.37. The molecule has 0 saturated carbocycles. The third kappa shape index (κ3) is 3.61. The number of aromatic amines is 1. The first-order chi connectivity index (χ1) is 11.4. The van der Waals surface area contributed by atoms with Crippen LogP contribution in [0.15, 0.2) is 4.73 Å². The summed E-state index contributed by atoms with van der Waals surface area (Å²) < 4.78 is 0.636. The monoisotopic (exact) mass is 395 g/mol. The van der Waals surface area contributed by atoms with Gasteiger partial charge < -0.3 is 20.1 Å². The summed E-state index contributed by atoms with van der Waals surface area (Å²) in [6.45, 7) is 9.57. The van der Waals surface area contributed by atoms with Crippen LogP contribution in [0.25, 0.3) is 11.2 Å².